The fourth-order valence-electron chi connectivity index (χ4n) is 3.97. The Labute approximate surface area is 203 Å². The maximum atomic E-state index is 12.3. The number of halogens is 1. The Kier molecular flexibility index (Phi) is 6.27. The largest absolute Gasteiger partial charge is 0.323 e. The van der Waals surface area contributed by atoms with Crippen molar-refractivity contribution >= 4 is 40.0 Å². The summed E-state index contributed by atoms with van der Waals surface area (Å²) in [5.74, 6) is 1.02. The van der Waals surface area contributed by atoms with E-state index in [1.54, 1.807) is 12.1 Å². The SMILES string of the molecule is O=C(Nc1ccc(CCc2nc3ccccc3n2-c2ccccc2)cc1)Nc1ccccc1Cl. The number of nitrogens with zero attached hydrogens (tertiary/aromatic N) is 2. The number of benzene rings is 4. The number of fused-ring (bicyclic) bond motifs is 1. The first-order chi connectivity index (χ1) is 16.7. The molecular weight excluding hydrogens is 444 g/mol. The van der Waals surface area contributed by atoms with Crippen LogP contribution in [0.25, 0.3) is 16.7 Å². The second kappa shape index (κ2) is 9.81. The summed E-state index contributed by atoms with van der Waals surface area (Å²) in [5.41, 5.74) is 5.65. The molecule has 0 aliphatic carbocycles. The second-order valence-electron chi connectivity index (χ2n) is 7.94. The molecule has 5 nitrogen and oxygen atoms in total. The van der Waals surface area contributed by atoms with Crippen LogP contribution in [-0.4, -0.2) is 15.6 Å². The van der Waals surface area contributed by atoms with Crippen molar-refractivity contribution in [2.45, 2.75) is 12.8 Å². The number of hydrogen-bond donors (Lipinski definition) is 2. The van der Waals surface area contributed by atoms with Gasteiger partial charge in [-0.05, 0) is 60.5 Å². The molecule has 4 aromatic carbocycles. The van der Waals surface area contributed by atoms with E-state index < -0.39 is 0 Å². The topological polar surface area (TPSA) is 59.0 Å². The number of hydrogen-bond acceptors (Lipinski definition) is 2. The number of para-hydroxylation sites is 4. The lowest BCUT2D eigenvalue weighted by atomic mass is 10.1. The molecule has 0 radical (unpaired) electrons. The van der Waals surface area contributed by atoms with Gasteiger partial charge in [0, 0.05) is 17.8 Å². The molecule has 0 bridgehead atoms. The summed E-state index contributed by atoms with van der Waals surface area (Å²) in [7, 11) is 0. The van der Waals surface area contributed by atoms with Gasteiger partial charge < -0.3 is 10.6 Å². The molecule has 0 saturated heterocycles. The summed E-state index contributed by atoms with van der Waals surface area (Å²) in [6.45, 7) is 0. The Morgan fingerprint density at radius 2 is 1.47 bits per heavy atom. The third-order valence-electron chi connectivity index (χ3n) is 5.62. The molecule has 5 aromatic rings. The lowest BCUT2D eigenvalue weighted by molar-refractivity contribution is 0.262. The third kappa shape index (κ3) is 4.80. The Hall–Kier alpha value is -4.09. The molecule has 5 rings (SSSR count). The number of nitrogens with one attached hydrogen (secondary N) is 2. The van der Waals surface area contributed by atoms with Crippen LogP contribution in [0, 0.1) is 0 Å². The first-order valence-electron chi connectivity index (χ1n) is 11.1. The van der Waals surface area contributed by atoms with E-state index in [4.69, 9.17) is 16.6 Å². The zero-order chi connectivity index (χ0) is 23.3. The standard InChI is InChI=1S/C28H23ClN4O/c29-23-10-4-5-11-24(23)32-28(34)30-21-17-14-20(15-18-21)16-19-27-31-25-12-6-7-13-26(25)33(27)22-8-2-1-3-9-22/h1-15,17-18H,16,19H2,(H2,30,32,34). The molecule has 0 aliphatic heterocycles. The van der Waals surface area contributed by atoms with E-state index in [-0.39, 0.29) is 6.03 Å². The van der Waals surface area contributed by atoms with E-state index in [0.29, 0.717) is 16.4 Å². The summed E-state index contributed by atoms with van der Waals surface area (Å²) >= 11 is 6.10. The van der Waals surface area contributed by atoms with Crippen LogP contribution in [0.1, 0.15) is 11.4 Å². The molecule has 1 heterocycles. The quantitative estimate of drug-likeness (QED) is 0.280. The molecule has 0 unspecified atom stereocenters. The number of carbonyl (C=O) groups is 1. The highest BCUT2D eigenvalue weighted by Crippen LogP contribution is 2.23. The molecule has 0 atom stereocenters. The van der Waals surface area contributed by atoms with E-state index >= 15 is 0 Å². The van der Waals surface area contributed by atoms with Crippen LogP contribution in [-0.2, 0) is 12.8 Å². The van der Waals surface area contributed by atoms with Crippen molar-refractivity contribution < 1.29 is 4.79 Å². The molecule has 168 valence electrons. The van der Waals surface area contributed by atoms with Gasteiger partial charge in [-0.1, -0.05) is 66.2 Å². The van der Waals surface area contributed by atoms with Crippen molar-refractivity contribution in [2.75, 3.05) is 10.6 Å². The average Bonchev–Trinajstić information content (AvgIpc) is 3.24. The van der Waals surface area contributed by atoms with Crippen LogP contribution in [0.3, 0.4) is 0 Å². The zero-order valence-corrected chi connectivity index (χ0v) is 19.2. The van der Waals surface area contributed by atoms with Gasteiger partial charge in [-0.25, -0.2) is 9.78 Å². The van der Waals surface area contributed by atoms with E-state index in [1.807, 2.05) is 72.8 Å². The van der Waals surface area contributed by atoms with Crippen LogP contribution in [0.4, 0.5) is 16.2 Å². The van der Waals surface area contributed by atoms with Crippen LogP contribution < -0.4 is 10.6 Å². The van der Waals surface area contributed by atoms with E-state index in [9.17, 15) is 4.79 Å². The van der Waals surface area contributed by atoms with Gasteiger partial charge in [0.1, 0.15) is 5.82 Å². The minimum atomic E-state index is -0.336. The lowest BCUT2D eigenvalue weighted by Gasteiger charge is -2.11. The van der Waals surface area contributed by atoms with Crippen molar-refractivity contribution in [3.63, 3.8) is 0 Å². The van der Waals surface area contributed by atoms with Gasteiger partial charge in [-0.3, -0.25) is 4.57 Å². The molecule has 0 saturated carbocycles. The first-order valence-corrected chi connectivity index (χ1v) is 11.5. The number of anilines is 2. The molecule has 6 heteroatoms. The van der Waals surface area contributed by atoms with Gasteiger partial charge in [0.25, 0.3) is 0 Å². The fourth-order valence-corrected chi connectivity index (χ4v) is 4.15. The smallest absolute Gasteiger partial charge is 0.308 e. The zero-order valence-electron chi connectivity index (χ0n) is 18.4. The van der Waals surface area contributed by atoms with E-state index in [1.165, 1.54) is 5.56 Å². The monoisotopic (exact) mass is 466 g/mol. The third-order valence-corrected chi connectivity index (χ3v) is 5.95. The van der Waals surface area contributed by atoms with Crippen LogP contribution in [0.5, 0.6) is 0 Å². The molecule has 0 spiro atoms. The van der Waals surface area contributed by atoms with Gasteiger partial charge >= 0.3 is 6.03 Å². The minimum absolute atomic E-state index is 0.336. The Morgan fingerprint density at radius 3 is 2.26 bits per heavy atom. The number of aromatic nitrogens is 2. The molecular formula is C28H23ClN4O. The number of carbonyl (C=O) groups excluding carboxylic acids is 1. The highest BCUT2D eigenvalue weighted by Gasteiger charge is 2.12. The highest BCUT2D eigenvalue weighted by atomic mass is 35.5. The van der Waals surface area contributed by atoms with Crippen molar-refractivity contribution in [1.29, 1.82) is 0 Å². The first kappa shape index (κ1) is 21.7. The van der Waals surface area contributed by atoms with Crippen molar-refractivity contribution in [3.05, 3.63) is 120 Å². The lowest BCUT2D eigenvalue weighted by Crippen LogP contribution is -2.19. The normalized spacial score (nSPS) is 10.9. The van der Waals surface area contributed by atoms with Crippen LogP contribution in [0.2, 0.25) is 5.02 Å². The molecule has 1 aromatic heterocycles. The summed E-state index contributed by atoms with van der Waals surface area (Å²) in [6, 6.07) is 33.2. The average molecular weight is 467 g/mol. The van der Waals surface area contributed by atoms with Gasteiger partial charge in [-0.2, -0.15) is 0 Å². The molecule has 34 heavy (non-hydrogen) atoms. The van der Waals surface area contributed by atoms with Gasteiger partial charge in [0.15, 0.2) is 0 Å². The fraction of sp³-hybridized carbons (Fsp3) is 0.0714. The minimum Gasteiger partial charge on any atom is -0.308 e. The molecule has 0 aliphatic rings. The Morgan fingerprint density at radius 1 is 0.765 bits per heavy atom. The van der Waals surface area contributed by atoms with Crippen molar-refractivity contribution in [2.24, 2.45) is 0 Å². The molecule has 0 fully saturated rings. The summed E-state index contributed by atoms with van der Waals surface area (Å²) in [5, 5.41) is 6.10. The maximum Gasteiger partial charge on any atom is 0.323 e. The van der Waals surface area contributed by atoms with Gasteiger partial charge in [0.05, 0.1) is 21.7 Å². The van der Waals surface area contributed by atoms with Gasteiger partial charge in [-0.15, -0.1) is 0 Å². The van der Waals surface area contributed by atoms with E-state index in [2.05, 4.69) is 33.4 Å². The molecule has 2 N–H and O–H groups in total. The number of rotatable bonds is 6. The highest BCUT2D eigenvalue weighted by molar-refractivity contribution is 6.33. The maximum absolute atomic E-state index is 12.3. The number of imidazole rings is 1. The van der Waals surface area contributed by atoms with Crippen LogP contribution >= 0.6 is 11.6 Å². The Balaban J connectivity index is 1.27. The Bertz CT molecular complexity index is 1430. The predicted octanol–water partition coefficient (Wildman–Crippen LogP) is 7.11. The number of aryl methyl sites for hydroxylation is 2. The summed E-state index contributed by atoms with van der Waals surface area (Å²) < 4.78 is 2.23. The van der Waals surface area contributed by atoms with Crippen molar-refractivity contribution in [3.8, 4) is 5.69 Å². The van der Waals surface area contributed by atoms with Crippen LogP contribution in [0.15, 0.2) is 103 Å². The van der Waals surface area contributed by atoms with Crippen molar-refractivity contribution in [1.82, 2.24) is 9.55 Å². The second-order valence-corrected chi connectivity index (χ2v) is 8.35. The number of amides is 2. The molecule has 2 amide bonds. The van der Waals surface area contributed by atoms with E-state index in [0.717, 1.165) is 35.4 Å². The summed E-state index contributed by atoms with van der Waals surface area (Å²) in [4.78, 5) is 17.2. The predicted molar refractivity (Wildman–Crippen MR) is 139 cm³/mol. The number of urea groups is 1. The summed E-state index contributed by atoms with van der Waals surface area (Å²) in [6.07, 6.45) is 1.63. The van der Waals surface area contributed by atoms with Gasteiger partial charge in [0.2, 0.25) is 0 Å².